The molecule has 1 aromatic heterocycles. The van der Waals surface area contributed by atoms with Crippen LogP contribution in [0.5, 0.6) is 11.8 Å². The average molecular weight is 424 g/mol. The molecule has 1 heterocycles. The lowest BCUT2D eigenvalue weighted by atomic mass is 10.1. The Kier molecular flexibility index (Phi) is 6.09. The third-order valence-corrected chi connectivity index (χ3v) is 3.58. The minimum Gasteiger partial charge on any atom is -0.481 e. The molecule has 0 unspecified atom stereocenters. The van der Waals surface area contributed by atoms with Crippen LogP contribution in [-0.4, -0.2) is 48.1 Å². The highest BCUT2D eigenvalue weighted by Crippen LogP contribution is 2.43. The molecule has 0 saturated heterocycles. The Morgan fingerprint density at radius 3 is 1.79 bits per heavy atom. The van der Waals surface area contributed by atoms with Gasteiger partial charge in [0.05, 0.1) is 20.3 Å². The van der Waals surface area contributed by atoms with Gasteiger partial charge < -0.3 is 20.1 Å². The maximum absolute atomic E-state index is 13.7. The van der Waals surface area contributed by atoms with Crippen LogP contribution in [0.4, 0.5) is 32.3 Å². The molecule has 0 radical (unpaired) electrons. The quantitative estimate of drug-likeness (QED) is 0.548. The minimum absolute atomic E-state index is 0.369. The van der Waals surface area contributed by atoms with Crippen molar-refractivity contribution >= 4 is 11.9 Å². The fourth-order valence-electron chi connectivity index (χ4n) is 2.14. The van der Waals surface area contributed by atoms with Crippen molar-refractivity contribution in [2.45, 2.75) is 18.0 Å². The highest BCUT2D eigenvalue weighted by molar-refractivity contribution is 5.95. The predicted molar refractivity (Wildman–Crippen MR) is 87.5 cm³/mol. The Hall–Kier alpha value is -3.25. The van der Waals surface area contributed by atoms with Crippen molar-refractivity contribution in [2.24, 2.45) is 0 Å². The number of ether oxygens (including phenoxy) is 2. The number of amides is 1. The van der Waals surface area contributed by atoms with E-state index in [2.05, 4.69) is 9.97 Å². The van der Waals surface area contributed by atoms with E-state index in [0.717, 1.165) is 43.1 Å². The SMILES string of the molecule is COc1cc(OC)nc(NC(NC(=O)c2ccccc2)(C(F)(F)F)C(F)(F)F)n1. The van der Waals surface area contributed by atoms with Gasteiger partial charge in [-0.25, -0.2) is 0 Å². The van der Waals surface area contributed by atoms with Gasteiger partial charge in [0.15, 0.2) is 0 Å². The van der Waals surface area contributed by atoms with Crippen LogP contribution in [0, 0.1) is 0 Å². The molecule has 2 rings (SSSR count). The molecule has 0 aliphatic carbocycles. The molecule has 13 heteroatoms. The predicted octanol–water partition coefficient (Wildman–Crippen LogP) is 3.16. The van der Waals surface area contributed by atoms with E-state index >= 15 is 0 Å². The van der Waals surface area contributed by atoms with Crippen molar-refractivity contribution in [3.05, 3.63) is 42.0 Å². The summed E-state index contributed by atoms with van der Waals surface area (Å²) in [4.78, 5) is 19.0. The minimum atomic E-state index is -6.03. The van der Waals surface area contributed by atoms with E-state index in [-0.39, 0.29) is 11.8 Å². The van der Waals surface area contributed by atoms with Crippen molar-refractivity contribution in [1.29, 1.82) is 0 Å². The van der Waals surface area contributed by atoms with Crippen molar-refractivity contribution in [2.75, 3.05) is 19.5 Å². The summed E-state index contributed by atoms with van der Waals surface area (Å²) < 4.78 is 91.5. The topological polar surface area (TPSA) is 85.4 Å². The molecule has 29 heavy (non-hydrogen) atoms. The lowest BCUT2D eigenvalue weighted by molar-refractivity contribution is -0.294. The average Bonchev–Trinajstić information content (AvgIpc) is 2.65. The largest absolute Gasteiger partial charge is 0.481 e. The van der Waals surface area contributed by atoms with E-state index in [1.807, 2.05) is 0 Å². The molecule has 0 saturated carbocycles. The molecule has 0 aliphatic rings. The van der Waals surface area contributed by atoms with Gasteiger partial charge in [0, 0.05) is 5.56 Å². The second-order valence-corrected chi connectivity index (χ2v) is 5.47. The summed E-state index contributed by atoms with van der Waals surface area (Å²) in [6, 6.07) is 7.14. The lowest BCUT2D eigenvalue weighted by Crippen LogP contribution is -2.72. The van der Waals surface area contributed by atoms with E-state index in [9.17, 15) is 31.1 Å². The summed E-state index contributed by atoms with van der Waals surface area (Å²) in [5.41, 5.74) is -5.32. The maximum Gasteiger partial charge on any atom is 0.439 e. The van der Waals surface area contributed by atoms with Crippen LogP contribution in [0.25, 0.3) is 0 Å². The number of benzene rings is 1. The first-order valence-corrected chi connectivity index (χ1v) is 7.70. The third kappa shape index (κ3) is 4.60. The number of rotatable bonds is 6. The molecule has 0 spiro atoms. The summed E-state index contributed by atoms with van der Waals surface area (Å²) >= 11 is 0. The number of methoxy groups -OCH3 is 2. The molecule has 1 aromatic carbocycles. The number of alkyl halides is 6. The van der Waals surface area contributed by atoms with E-state index in [4.69, 9.17) is 9.47 Å². The number of carbonyl (C=O) groups is 1. The number of halogens is 6. The maximum atomic E-state index is 13.7. The molecule has 158 valence electrons. The van der Waals surface area contributed by atoms with E-state index in [1.165, 1.54) is 18.2 Å². The molecule has 7 nitrogen and oxygen atoms in total. The molecule has 0 bridgehead atoms. The lowest BCUT2D eigenvalue weighted by Gasteiger charge is -2.38. The van der Waals surface area contributed by atoms with Gasteiger partial charge in [0.25, 0.3) is 5.91 Å². The van der Waals surface area contributed by atoms with Gasteiger partial charge in [0.2, 0.25) is 17.7 Å². The Morgan fingerprint density at radius 1 is 0.897 bits per heavy atom. The van der Waals surface area contributed by atoms with E-state index in [0.29, 0.717) is 0 Å². The summed E-state index contributed by atoms with van der Waals surface area (Å²) in [6.07, 6.45) is -12.1. The fraction of sp³-hybridized carbons (Fsp3) is 0.312. The Balaban J connectivity index is 2.57. The molecule has 0 fully saturated rings. The fourth-order valence-corrected chi connectivity index (χ4v) is 2.14. The summed E-state index contributed by atoms with van der Waals surface area (Å²) in [5, 5.41) is 2.15. The second-order valence-electron chi connectivity index (χ2n) is 5.47. The van der Waals surface area contributed by atoms with Gasteiger partial charge in [-0.3, -0.25) is 4.79 Å². The highest BCUT2D eigenvalue weighted by atomic mass is 19.4. The van der Waals surface area contributed by atoms with Gasteiger partial charge in [-0.05, 0) is 12.1 Å². The van der Waals surface area contributed by atoms with E-state index in [1.54, 1.807) is 0 Å². The Bertz CT molecular complexity index is 822. The highest BCUT2D eigenvalue weighted by Gasteiger charge is 2.73. The normalized spacial score (nSPS) is 12.3. The Labute approximate surface area is 160 Å². The standard InChI is InChI=1S/C16H14F6N4O3/c1-28-10-8-11(29-2)24-13(23-10)26-14(15(17,18)19,16(20,21)22)25-12(27)9-6-4-3-5-7-9/h3-8H,1-2H3,(H,25,27)(H,23,24,26). The first-order chi connectivity index (χ1) is 13.4. The first-order valence-electron chi connectivity index (χ1n) is 7.70. The zero-order valence-corrected chi connectivity index (χ0v) is 14.9. The Morgan fingerprint density at radius 2 is 1.38 bits per heavy atom. The van der Waals surface area contributed by atoms with Gasteiger partial charge in [-0.15, -0.1) is 0 Å². The number of aromatic nitrogens is 2. The first kappa shape index (κ1) is 22.0. The van der Waals surface area contributed by atoms with Crippen molar-refractivity contribution in [1.82, 2.24) is 15.3 Å². The monoisotopic (exact) mass is 424 g/mol. The van der Waals surface area contributed by atoms with Gasteiger partial charge in [-0.2, -0.15) is 36.3 Å². The number of carbonyl (C=O) groups excluding carboxylic acids is 1. The van der Waals surface area contributed by atoms with Gasteiger partial charge >= 0.3 is 18.0 Å². The molecular formula is C16H14F6N4O3. The number of hydrogen-bond acceptors (Lipinski definition) is 6. The van der Waals surface area contributed by atoms with Gasteiger partial charge in [0.1, 0.15) is 0 Å². The molecule has 2 N–H and O–H groups in total. The van der Waals surface area contributed by atoms with Crippen LogP contribution >= 0.6 is 0 Å². The zero-order chi connectivity index (χ0) is 21.9. The van der Waals surface area contributed by atoms with Crippen LogP contribution in [0.15, 0.2) is 36.4 Å². The van der Waals surface area contributed by atoms with Crippen molar-refractivity contribution in [3.63, 3.8) is 0 Å². The molecule has 0 atom stereocenters. The summed E-state index contributed by atoms with van der Waals surface area (Å²) in [5.74, 6) is -3.49. The summed E-state index contributed by atoms with van der Waals surface area (Å²) in [7, 11) is 2.17. The van der Waals surface area contributed by atoms with Crippen LogP contribution in [0.1, 0.15) is 10.4 Å². The summed E-state index contributed by atoms with van der Waals surface area (Å²) in [6.45, 7) is 0. The zero-order valence-electron chi connectivity index (χ0n) is 14.9. The second kappa shape index (κ2) is 8.01. The smallest absolute Gasteiger partial charge is 0.439 e. The third-order valence-electron chi connectivity index (χ3n) is 3.58. The molecular weight excluding hydrogens is 410 g/mol. The number of hydrogen-bond donors (Lipinski definition) is 2. The van der Waals surface area contributed by atoms with Crippen LogP contribution in [-0.2, 0) is 0 Å². The van der Waals surface area contributed by atoms with Crippen LogP contribution < -0.4 is 20.1 Å². The number of anilines is 1. The van der Waals surface area contributed by atoms with Crippen molar-refractivity contribution in [3.8, 4) is 11.8 Å². The number of nitrogens with zero attached hydrogens (tertiary/aromatic N) is 2. The van der Waals surface area contributed by atoms with Crippen LogP contribution in [0.3, 0.4) is 0 Å². The van der Waals surface area contributed by atoms with E-state index < -0.39 is 35.4 Å². The van der Waals surface area contributed by atoms with Gasteiger partial charge in [-0.1, -0.05) is 18.2 Å². The molecule has 0 aliphatic heterocycles. The molecule has 2 aromatic rings. The molecule has 1 amide bonds. The number of nitrogens with one attached hydrogen (secondary N) is 2. The van der Waals surface area contributed by atoms with Crippen molar-refractivity contribution < 1.29 is 40.6 Å². The van der Waals surface area contributed by atoms with Crippen LogP contribution in [0.2, 0.25) is 0 Å².